The van der Waals surface area contributed by atoms with Crippen LogP contribution in [0, 0.1) is 5.41 Å². The first kappa shape index (κ1) is 11.8. The Kier molecular flexibility index (Phi) is 2.75. The van der Waals surface area contributed by atoms with E-state index in [9.17, 15) is 9.59 Å². The Balaban J connectivity index is 2.31. The topological polar surface area (TPSA) is 63.4 Å². The van der Waals surface area contributed by atoms with Crippen LogP contribution in [0.15, 0.2) is 24.3 Å². The van der Waals surface area contributed by atoms with E-state index in [0.29, 0.717) is 24.2 Å². The van der Waals surface area contributed by atoms with Crippen LogP contribution in [-0.4, -0.2) is 29.8 Å². The molecule has 90 valence electrons. The van der Waals surface area contributed by atoms with Crippen molar-refractivity contribution >= 4 is 11.8 Å². The number of imide groups is 1. The van der Waals surface area contributed by atoms with Crippen molar-refractivity contribution in [3.8, 4) is 0 Å². The third kappa shape index (κ3) is 1.96. The number of amides is 2. The average molecular weight is 232 g/mol. The normalized spacial score (nSPS) is 15.4. The number of nitrogens with two attached hydrogens (primary N) is 1. The molecule has 17 heavy (non-hydrogen) atoms. The molecule has 1 aromatic rings. The summed E-state index contributed by atoms with van der Waals surface area (Å²) in [5, 5.41) is 0. The first-order valence-corrected chi connectivity index (χ1v) is 5.61. The minimum atomic E-state index is -0.257. The molecule has 0 spiro atoms. The summed E-state index contributed by atoms with van der Waals surface area (Å²) in [6.45, 7) is 4.67. The number of rotatable bonds is 3. The molecule has 2 N–H and O–H groups in total. The fourth-order valence-corrected chi connectivity index (χ4v) is 1.88. The highest BCUT2D eigenvalue weighted by Gasteiger charge is 2.37. The molecule has 0 saturated heterocycles. The highest BCUT2D eigenvalue weighted by atomic mass is 16.2. The van der Waals surface area contributed by atoms with Crippen molar-refractivity contribution in [1.29, 1.82) is 0 Å². The average Bonchev–Trinajstić information content (AvgIpc) is 2.55. The predicted octanol–water partition coefficient (Wildman–Crippen LogP) is 1.27. The van der Waals surface area contributed by atoms with Crippen LogP contribution in [0.25, 0.3) is 0 Å². The van der Waals surface area contributed by atoms with E-state index in [1.807, 2.05) is 13.8 Å². The summed E-state index contributed by atoms with van der Waals surface area (Å²) in [5.41, 5.74) is 6.36. The van der Waals surface area contributed by atoms with Crippen molar-refractivity contribution in [3.05, 3.63) is 35.4 Å². The lowest BCUT2D eigenvalue weighted by Gasteiger charge is -2.27. The van der Waals surface area contributed by atoms with Crippen LogP contribution in [0.2, 0.25) is 0 Å². The lowest BCUT2D eigenvalue weighted by atomic mass is 9.93. The maximum atomic E-state index is 12.1. The van der Waals surface area contributed by atoms with E-state index in [0.717, 1.165) is 0 Å². The molecule has 0 saturated carbocycles. The van der Waals surface area contributed by atoms with Gasteiger partial charge in [-0.15, -0.1) is 0 Å². The van der Waals surface area contributed by atoms with Gasteiger partial charge < -0.3 is 5.73 Å². The molecule has 0 aliphatic carbocycles. The Hall–Kier alpha value is -1.68. The zero-order valence-electron chi connectivity index (χ0n) is 10.1. The molecular weight excluding hydrogens is 216 g/mol. The van der Waals surface area contributed by atoms with Gasteiger partial charge >= 0.3 is 0 Å². The molecule has 1 aliphatic heterocycles. The van der Waals surface area contributed by atoms with E-state index in [1.54, 1.807) is 24.3 Å². The summed E-state index contributed by atoms with van der Waals surface area (Å²) in [6.07, 6.45) is 0. The molecule has 0 aromatic heterocycles. The molecule has 0 bridgehead atoms. The molecule has 1 heterocycles. The third-order valence-electron chi connectivity index (χ3n) is 3.02. The van der Waals surface area contributed by atoms with E-state index in [4.69, 9.17) is 5.73 Å². The van der Waals surface area contributed by atoms with Crippen LogP contribution >= 0.6 is 0 Å². The zero-order valence-corrected chi connectivity index (χ0v) is 10.1. The van der Waals surface area contributed by atoms with Gasteiger partial charge in [0.1, 0.15) is 0 Å². The van der Waals surface area contributed by atoms with E-state index in [1.165, 1.54) is 4.90 Å². The number of fused-ring (bicyclic) bond motifs is 1. The molecule has 0 unspecified atom stereocenters. The number of hydrogen-bond donors (Lipinski definition) is 1. The second-order valence-corrected chi connectivity index (χ2v) is 5.11. The van der Waals surface area contributed by atoms with Crippen LogP contribution < -0.4 is 5.73 Å². The van der Waals surface area contributed by atoms with Crippen LogP contribution in [0.5, 0.6) is 0 Å². The molecular formula is C13H16N2O2. The van der Waals surface area contributed by atoms with Gasteiger partial charge in [-0.2, -0.15) is 0 Å². The Bertz CT molecular complexity index is 445. The second-order valence-electron chi connectivity index (χ2n) is 5.11. The standard InChI is InChI=1S/C13H16N2O2/c1-13(2,7-14)8-15-11(16)9-5-3-4-6-10(9)12(15)17/h3-6H,7-8,14H2,1-2H3. The summed E-state index contributed by atoms with van der Waals surface area (Å²) in [6, 6.07) is 6.90. The van der Waals surface area contributed by atoms with Gasteiger partial charge in [0.2, 0.25) is 0 Å². The maximum Gasteiger partial charge on any atom is 0.261 e. The summed E-state index contributed by atoms with van der Waals surface area (Å²) in [7, 11) is 0. The molecule has 1 aliphatic rings. The fraction of sp³-hybridized carbons (Fsp3) is 0.385. The summed E-state index contributed by atoms with van der Waals surface area (Å²) in [5.74, 6) is -0.431. The lowest BCUT2D eigenvalue weighted by Crippen LogP contribution is -2.41. The van der Waals surface area contributed by atoms with Gasteiger partial charge in [-0.3, -0.25) is 14.5 Å². The molecule has 2 amide bonds. The Labute approximate surface area is 100 Å². The van der Waals surface area contributed by atoms with Crippen LogP contribution in [0.4, 0.5) is 0 Å². The number of hydrogen-bond acceptors (Lipinski definition) is 3. The Morgan fingerprint density at radius 1 is 1.12 bits per heavy atom. The Morgan fingerprint density at radius 2 is 1.59 bits per heavy atom. The van der Waals surface area contributed by atoms with E-state index >= 15 is 0 Å². The summed E-state index contributed by atoms with van der Waals surface area (Å²) >= 11 is 0. The van der Waals surface area contributed by atoms with Crippen molar-refractivity contribution in [2.45, 2.75) is 13.8 Å². The van der Waals surface area contributed by atoms with E-state index in [-0.39, 0.29) is 17.2 Å². The van der Waals surface area contributed by atoms with Gasteiger partial charge in [-0.1, -0.05) is 26.0 Å². The number of nitrogens with zero attached hydrogens (tertiary/aromatic N) is 1. The maximum absolute atomic E-state index is 12.1. The van der Waals surface area contributed by atoms with Gasteiger partial charge in [0.05, 0.1) is 11.1 Å². The summed E-state index contributed by atoms with van der Waals surface area (Å²) < 4.78 is 0. The van der Waals surface area contributed by atoms with Crippen molar-refractivity contribution < 1.29 is 9.59 Å². The van der Waals surface area contributed by atoms with Gasteiger partial charge in [0.15, 0.2) is 0 Å². The number of benzene rings is 1. The SMILES string of the molecule is CC(C)(CN)CN1C(=O)c2ccccc2C1=O. The van der Waals surface area contributed by atoms with Crippen LogP contribution in [-0.2, 0) is 0 Å². The highest BCUT2D eigenvalue weighted by molar-refractivity contribution is 6.21. The first-order chi connectivity index (χ1) is 7.96. The second kappa shape index (κ2) is 3.96. The third-order valence-corrected chi connectivity index (χ3v) is 3.02. The fourth-order valence-electron chi connectivity index (χ4n) is 1.88. The van der Waals surface area contributed by atoms with Crippen molar-refractivity contribution in [2.24, 2.45) is 11.1 Å². The van der Waals surface area contributed by atoms with Crippen molar-refractivity contribution in [3.63, 3.8) is 0 Å². The van der Waals surface area contributed by atoms with Gasteiger partial charge in [0, 0.05) is 6.54 Å². The highest BCUT2D eigenvalue weighted by Crippen LogP contribution is 2.26. The molecule has 0 radical (unpaired) electrons. The minimum absolute atomic E-state index is 0.216. The van der Waals surface area contributed by atoms with Gasteiger partial charge in [-0.25, -0.2) is 0 Å². The lowest BCUT2D eigenvalue weighted by molar-refractivity contribution is 0.0595. The largest absolute Gasteiger partial charge is 0.330 e. The van der Waals surface area contributed by atoms with Crippen molar-refractivity contribution in [1.82, 2.24) is 4.90 Å². The monoisotopic (exact) mass is 232 g/mol. The molecule has 1 aromatic carbocycles. The molecule has 0 atom stereocenters. The quantitative estimate of drug-likeness (QED) is 0.798. The zero-order chi connectivity index (χ0) is 12.6. The first-order valence-electron chi connectivity index (χ1n) is 5.61. The van der Waals surface area contributed by atoms with Crippen LogP contribution in [0.3, 0.4) is 0 Å². The van der Waals surface area contributed by atoms with Crippen LogP contribution in [0.1, 0.15) is 34.6 Å². The molecule has 4 heteroatoms. The minimum Gasteiger partial charge on any atom is -0.330 e. The number of carbonyl (C=O) groups is 2. The van der Waals surface area contributed by atoms with E-state index < -0.39 is 0 Å². The van der Waals surface area contributed by atoms with E-state index in [2.05, 4.69) is 0 Å². The van der Waals surface area contributed by atoms with Gasteiger partial charge in [-0.05, 0) is 24.1 Å². The van der Waals surface area contributed by atoms with Gasteiger partial charge in [0.25, 0.3) is 11.8 Å². The molecule has 4 nitrogen and oxygen atoms in total. The molecule has 0 fully saturated rings. The number of carbonyl (C=O) groups excluding carboxylic acids is 2. The Morgan fingerprint density at radius 3 is 2.00 bits per heavy atom. The molecule has 2 rings (SSSR count). The predicted molar refractivity (Wildman–Crippen MR) is 64.6 cm³/mol. The van der Waals surface area contributed by atoms with Crippen molar-refractivity contribution in [2.75, 3.05) is 13.1 Å². The smallest absolute Gasteiger partial charge is 0.261 e. The summed E-state index contributed by atoms with van der Waals surface area (Å²) in [4.78, 5) is 25.4.